The van der Waals surface area contributed by atoms with Gasteiger partial charge in [-0.25, -0.2) is 0 Å². The van der Waals surface area contributed by atoms with Crippen molar-refractivity contribution in [1.29, 1.82) is 0 Å². The van der Waals surface area contributed by atoms with Crippen LogP contribution in [0.1, 0.15) is 11.1 Å². The average molecular weight is 322 g/mol. The zero-order valence-corrected chi connectivity index (χ0v) is 13.0. The lowest BCUT2D eigenvalue weighted by Crippen LogP contribution is -2.15. The summed E-state index contributed by atoms with van der Waals surface area (Å²) in [7, 11) is 0. The van der Waals surface area contributed by atoms with Crippen LogP contribution in [-0.2, 0) is 11.5 Å². The minimum atomic E-state index is 0.576. The van der Waals surface area contributed by atoms with E-state index < -0.39 is 0 Å². The summed E-state index contributed by atoms with van der Waals surface area (Å²) < 4.78 is 11.1. The van der Waals surface area contributed by atoms with E-state index in [9.17, 15) is 0 Å². The second-order valence-electron chi connectivity index (χ2n) is 4.78. The van der Waals surface area contributed by atoms with Crippen LogP contribution >= 0.6 is 23.4 Å². The first-order valence-corrected chi connectivity index (χ1v) is 8.26. The van der Waals surface area contributed by atoms with Crippen LogP contribution in [0.2, 0.25) is 5.02 Å². The number of hydrogen-bond donors (Lipinski definition) is 1. The van der Waals surface area contributed by atoms with E-state index >= 15 is 0 Å². The number of ether oxygens (including phenoxy) is 2. The zero-order chi connectivity index (χ0) is 14.7. The minimum Gasteiger partial charge on any atom is -0.486 e. The monoisotopic (exact) mass is 321 g/mol. The third-order valence-corrected chi connectivity index (χ3v) is 4.68. The van der Waals surface area contributed by atoms with Crippen LogP contribution in [-0.4, -0.2) is 13.2 Å². The number of benzene rings is 2. The van der Waals surface area contributed by atoms with Gasteiger partial charge in [-0.05, 0) is 23.3 Å². The van der Waals surface area contributed by atoms with E-state index in [2.05, 4.69) is 0 Å². The zero-order valence-electron chi connectivity index (χ0n) is 11.5. The van der Waals surface area contributed by atoms with Crippen molar-refractivity contribution >= 4 is 29.1 Å². The first kappa shape index (κ1) is 14.4. The summed E-state index contributed by atoms with van der Waals surface area (Å²) >= 11 is 7.94. The topological polar surface area (TPSA) is 44.5 Å². The molecule has 0 saturated heterocycles. The minimum absolute atomic E-state index is 0.576. The molecule has 0 amide bonds. The largest absolute Gasteiger partial charge is 0.486 e. The molecule has 1 aliphatic rings. The van der Waals surface area contributed by atoms with Crippen molar-refractivity contribution < 1.29 is 9.47 Å². The molecule has 5 heteroatoms. The molecule has 1 heterocycles. The fourth-order valence-electron chi connectivity index (χ4n) is 2.16. The van der Waals surface area contributed by atoms with Gasteiger partial charge in [0.25, 0.3) is 0 Å². The van der Waals surface area contributed by atoms with Crippen molar-refractivity contribution in [2.45, 2.75) is 11.5 Å². The van der Waals surface area contributed by atoms with E-state index in [4.69, 9.17) is 26.8 Å². The van der Waals surface area contributed by atoms with E-state index in [0.717, 1.165) is 44.8 Å². The summed E-state index contributed by atoms with van der Waals surface area (Å²) in [5.74, 6) is 3.18. The number of fused-ring (bicyclic) bond motifs is 1. The third kappa shape index (κ3) is 3.39. The number of halogens is 1. The molecule has 1 aliphatic heterocycles. The van der Waals surface area contributed by atoms with Gasteiger partial charge < -0.3 is 15.2 Å². The van der Waals surface area contributed by atoms with Crippen molar-refractivity contribution in [3.05, 3.63) is 52.5 Å². The predicted molar refractivity (Wildman–Crippen MR) is 88.3 cm³/mol. The summed E-state index contributed by atoms with van der Waals surface area (Å²) in [6, 6.07) is 11.7. The van der Waals surface area contributed by atoms with Crippen LogP contribution in [0.25, 0.3) is 0 Å². The van der Waals surface area contributed by atoms with E-state index in [0.29, 0.717) is 13.2 Å². The second-order valence-corrected chi connectivity index (χ2v) is 6.17. The SMILES string of the molecule is Nc1cc2c(cc1CSCc1ccccc1Cl)OCCO2. The average Bonchev–Trinajstić information content (AvgIpc) is 2.49. The maximum absolute atomic E-state index is 6.16. The molecule has 2 aromatic rings. The van der Waals surface area contributed by atoms with Crippen molar-refractivity contribution in [1.82, 2.24) is 0 Å². The molecule has 0 radical (unpaired) electrons. The molecule has 0 aliphatic carbocycles. The Labute approximate surface area is 133 Å². The lowest BCUT2D eigenvalue weighted by Gasteiger charge is -2.20. The molecule has 21 heavy (non-hydrogen) atoms. The molecule has 0 saturated carbocycles. The van der Waals surface area contributed by atoms with E-state index in [1.54, 1.807) is 11.8 Å². The van der Waals surface area contributed by atoms with Gasteiger partial charge in [-0.3, -0.25) is 0 Å². The second kappa shape index (κ2) is 6.50. The van der Waals surface area contributed by atoms with Crippen LogP contribution in [0.5, 0.6) is 11.5 Å². The number of nitrogens with two attached hydrogens (primary N) is 1. The summed E-state index contributed by atoms with van der Waals surface area (Å²) in [5.41, 5.74) is 9.03. The Morgan fingerprint density at radius 3 is 2.43 bits per heavy atom. The fourth-order valence-corrected chi connectivity index (χ4v) is 3.48. The van der Waals surface area contributed by atoms with Crippen LogP contribution in [0.3, 0.4) is 0 Å². The quantitative estimate of drug-likeness (QED) is 0.860. The van der Waals surface area contributed by atoms with Crippen LogP contribution in [0.15, 0.2) is 36.4 Å². The molecule has 0 atom stereocenters. The molecule has 0 bridgehead atoms. The normalized spacial score (nSPS) is 13.2. The molecule has 3 rings (SSSR count). The molecule has 110 valence electrons. The molecule has 2 aromatic carbocycles. The number of thioether (sulfide) groups is 1. The first-order valence-electron chi connectivity index (χ1n) is 6.73. The molecule has 2 N–H and O–H groups in total. The molecule has 0 unspecified atom stereocenters. The number of anilines is 1. The van der Waals surface area contributed by atoms with Gasteiger partial charge in [-0.2, -0.15) is 11.8 Å². The van der Waals surface area contributed by atoms with Gasteiger partial charge in [0.15, 0.2) is 11.5 Å². The Kier molecular flexibility index (Phi) is 4.46. The molecular weight excluding hydrogens is 306 g/mol. The first-order chi connectivity index (χ1) is 10.2. The van der Waals surface area contributed by atoms with E-state index in [1.807, 2.05) is 36.4 Å². The Morgan fingerprint density at radius 1 is 1.00 bits per heavy atom. The molecule has 0 spiro atoms. The van der Waals surface area contributed by atoms with Gasteiger partial charge in [0.1, 0.15) is 13.2 Å². The van der Waals surface area contributed by atoms with E-state index in [1.165, 1.54) is 0 Å². The van der Waals surface area contributed by atoms with Crippen LogP contribution in [0, 0.1) is 0 Å². The number of nitrogen functional groups attached to an aromatic ring is 1. The fraction of sp³-hybridized carbons (Fsp3) is 0.250. The Morgan fingerprint density at radius 2 is 1.67 bits per heavy atom. The van der Waals surface area contributed by atoms with Crippen molar-refractivity contribution in [3.8, 4) is 11.5 Å². The molecule has 0 fully saturated rings. The standard InChI is InChI=1S/C16H16ClNO2S/c17-13-4-2-1-3-11(13)9-21-10-12-7-15-16(8-14(12)18)20-6-5-19-15/h1-4,7-8H,5-6,9-10,18H2. The van der Waals surface area contributed by atoms with Gasteiger partial charge >= 0.3 is 0 Å². The molecular formula is C16H16ClNO2S. The highest BCUT2D eigenvalue weighted by atomic mass is 35.5. The van der Waals surface area contributed by atoms with Gasteiger partial charge in [0.05, 0.1) is 0 Å². The highest BCUT2D eigenvalue weighted by Crippen LogP contribution is 2.36. The van der Waals surface area contributed by atoms with Gasteiger partial charge in [0.2, 0.25) is 0 Å². The molecule has 0 aromatic heterocycles. The third-order valence-electron chi connectivity index (χ3n) is 3.28. The maximum Gasteiger partial charge on any atom is 0.163 e. The smallest absolute Gasteiger partial charge is 0.163 e. The van der Waals surface area contributed by atoms with Crippen LogP contribution in [0.4, 0.5) is 5.69 Å². The van der Waals surface area contributed by atoms with Crippen LogP contribution < -0.4 is 15.2 Å². The summed E-state index contributed by atoms with van der Waals surface area (Å²) in [6.45, 7) is 1.16. The van der Waals surface area contributed by atoms with Gasteiger partial charge in [-0.15, -0.1) is 0 Å². The lowest BCUT2D eigenvalue weighted by atomic mass is 10.2. The highest BCUT2D eigenvalue weighted by molar-refractivity contribution is 7.97. The Hall–Kier alpha value is -1.52. The van der Waals surface area contributed by atoms with Gasteiger partial charge in [0, 0.05) is 28.3 Å². The summed E-state index contributed by atoms with van der Waals surface area (Å²) in [5, 5.41) is 0.806. The highest BCUT2D eigenvalue weighted by Gasteiger charge is 2.14. The van der Waals surface area contributed by atoms with Crippen molar-refractivity contribution in [2.24, 2.45) is 0 Å². The Balaban J connectivity index is 1.67. The summed E-state index contributed by atoms with van der Waals surface area (Å²) in [6.07, 6.45) is 0. The molecule has 3 nitrogen and oxygen atoms in total. The van der Waals surface area contributed by atoms with Crippen molar-refractivity contribution in [3.63, 3.8) is 0 Å². The lowest BCUT2D eigenvalue weighted by molar-refractivity contribution is 0.171. The summed E-state index contributed by atoms with van der Waals surface area (Å²) in [4.78, 5) is 0. The van der Waals surface area contributed by atoms with E-state index in [-0.39, 0.29) is 0 Å². The van der Waals surface area contributed by atoms with Crippen molar-refractivity contribution in [2.75, 3.05) is 18.9 Å². The number of hydrogen-bond acceptors (Lipinski definition) is 4. The number of rotatable bonds is 4. The van der Waals surface area contributed by atoms with Gasteiger partial charge in [-0.1, -0.05) is 29.8 Å². The predicted octanol–water partition coefficient (Wildman–Crippen LogP) is 4.13. The maximum atomic E-state index is 6.16. The Bertz CT molecular complexity index is 648.